The van der Waals surface area contributed by atoms with Crippen molar-refractivity contribution in [1.82, 2.24) is 0 Å². The van der Waals surface area contributed by atoms with Gasteiger partial charge in [-0.25, -0.2) is 0 Å². The van der Waals surface area contributed by atoms with Crippen LogP contribution in [0.25, 0.3) is 11.1 Å². The molecule has 0 aliphatic carbocycles. The van der Waals surface area contributed by atoms with Crippen LogP contribution in [0.3, 0.4) is 0 Å². The van der Waals surface area contributed by atoms with Gasteiger partial charge in [0, 0.05) is 16.8 Å². The first-order chi connectivity index (χ1) is 8.65. The molecule has 2 heterocycles. The van der Waals surface area contributed by atoms with Gasteiger partial charge in [0.15, 0.2) is 0 Å². The molecule has 0 spiro atoms. The van der Waals surface area contributed by atoms with Crippen LogP contribution in [0.1, 0.15) is 20.7 Å². The minimum absolute atomic E-state index is 0.178. The number of hydrogen-bond donors (Lipinski definition) is 2. The van der Waals surface area contributed by atoms with E-state index in [0.717, 1.165) is 16.8 Å². The van der Waals surface area contributed by atoms with Gasteiger partial charge in [0.25, 0.3) is 5.91 Å². The Morgan fingerprint density at radius 3 is 2.39 bits per heavy atom. The summed E-state index contributed by atoms with van der Waals surface area (Å²) in [6.45, 7) is 0. The molecule has 2 bridgehead atoms. The van der Waals surface area contributed by atoms with E-state index in [-0.39, 0.29) is 5.91 Å². The Labute approximate surface area is 103 Å². The summed E-state index contributed by atoms with van der Waals surface area (Å²) in [6.07, 6.45) is 0. The second-order valence-corrected chi connectivity index (χ2v) is 4.16. The zero-order valence-corrected chi connectivity index (χ0v) is 9.44. The minimum atomic E-state index is -0.503. The van der Waals surface area contributed by atoms with Crippen molar-refractivity contribution < 1.29 is 9.59 Å². The summed E-state index contributed by atoms with van der Waals surface area (Å²) in [5.41, 5.74) is 8.57. The summed E-state index contributed by atoms with van der Waals surface area (Å²) in [7, 11) is 0. The van der Waals surface area contributed by atoms with Crippen LogP contribution in [-0.2, 0) is 0 Å². The van der Waals surface area contributed by atoms with Crippen molar-refractivity contribution in [3.8, 4) is 11.1 Å². The second kappa shape index (κ2) is 3.70. The normalized spacial score (nSPS) is 12.3. The number of carbonyl (C=O) groups is 2. The summed E-state index contributed by atoms with van der Waals surface area (Å²) in [5, 5.41) is 2.79. The molecular weight excluding hydrogens is 228 g/mol. The first kappa shape index (κ1) is 10.5. The van der Waals surface area contributed by atoms with Crippen molar-refractivity contribution in [2.75, 3.05) is 5.32 Å². The van der Waals surface area contributed by atoms with Crippen molar-refractivity contribution in [3.63, 3.8) is 0 Å². The predicted octanol–water partition coefficient (Wildman–Crippen LogP) is 2.02. The van der Waals surface area contributed by atoms with Gasteiger partial charge in [-0.2, -0.15) is 0 Å². The van der Waals surface area contributed by atoms with Gasteiger partial charge >= 0.3 is 0 Å². The monoisotopic (exact) mass is 238 g/mol. The third-order valence-corrected chi connectivity index (χ3v) is 3.00. The number of benzene rings is 2. The zero-order chi connectivity index (χ0) is 12.7. The molecule has 2 aromatic carbocycles. The lowest BCUT2D eigenvalue weighted by molar-refractivity contribution is 0.0995. The van der Waals surface area contributed by atoms with E-state index < -0.39 is 5.91 Å². The molecule has 0 aromatic heterocycles. The summed E-state index contributed by atoms with van der Waals surface area (Å²) < 4.78 is 0. The highest BCUT2D eigenvalue weighted by atomic mass is 16.2. The lowest BCUT2D eigenvalue weighted by atomic mass is 9.95. The van der Waals surface area contributed by atoms with Crippen LogP contribution in [0.4, 0.5) is 5.69 Å². The number of carbonyl (C=O) groups excluding carboxylic acids is 2. The number of rotatable bonds is 1. The smallest absolute Gasteiger partial charge is 0.256 e. The lowest BCUT2D eigenvalue weighted by Crippen LogP contribution is -2.17. The van der Waals surface area contributed by atoms with Crippen LogP contribution in [0.2, 0.25) is 0 Å². The maximum absolute atomic E-state index is 12.0. The fourth-order valence-electron chi connectivity index (χ4n) is 2.07. The average molecular weight is 238 g/mol. The summed E-state index contributed by atoms with van der Waals surface area (Å²) in [6, 6.07) is 12.3. The van der Waals surface area contributed by atoms with Gasteiger partial charge in [0.1, 0.15) is 0 Å². The Balaban J connectivity index is 2.29. The van der Waals surface area contributed by atoms with Crippen molar-refractivity contribution in [2.24, 2.45) is 5.73 Å². The first-order valence-electron chi connectivity index (χ1n) is 5.51. The van der Waals surface area contributed by atoms with Crippen LogP contribution in [-0.4, -0.2) is 11.8 Å². The molecule has 0 fully saturated rings. The standard InChI is InChI=1S/C14H10N2O2/c15-13(17)9-3-6-11-12(7-9)8-1-4-10(5-2-8)16-14(11)18/h1-7H,(H2,15,17)(H,16,18). The number of nitrogens with two attached hydrogens (primary N) is 1. The highest BCUT2D eigenvalue weighted by Crippen LogP contribution is 2.29. The van der Waals surface area contributed by atoms with Crippen LogP contribution in [0.5, 0.6) is 0 Å². The highest BCUT2D eigenvalue weighted by molar-refractivity contribution is 6.10. The van der Waals surface area contributed by atoms with E-state index in [0.29, 0.717) is 11.1 Å². The molecule has 3 N–H and O–H groups in total. The van der Waals surface area contributed by atoms with E-state index in [4.69, 9.17) is 5.73 Å². The van der Waals surface area contributed by atoms with Gasteiger partial charge in [-0.1, -0.05) is 12.1 Å². The Hall–Kier alpha value is -2.62. The Morgan fingerprint density at radius 1 is 1.00 bits per heavy atom. The molecule has 0 saturated heterocycles. The highest BCUT2D eigenvalue weighted by Gasteiger charge is 2.17. The molecule has 18 heavy (non-hydrogen) atoms. The van der Waals surface area contributed by atoms with Gasteiger partial charge < -0.3 is 11.1 Å². The van der Waals surface area contributed by atoms with E-state index in [1.165, 1.54) is 0 Å². The fourth-order valence-corrected chi connectivity index (χ4v) is 2.07. The van der Waals surface area contributed by atoms with E-state index in [1.54, 1.807) is 18.2 Å². The summed E-state index contributed by atoms with van der Waals surface area (Å²) in [4.78, 5) is 23.2. The first-order valence-corrected chi connectivity index (χ1v) is 5.51. The van der Waals surface area contributed by atoms with E-state index in [9.17, 15) is 9.59 Å². The molecule has 2 aliphatic heterocycles. The number of nitrogens with one attached hydrogen (secondary N) is 1. The van der Waals surface area contributed by atoms with E-state index >= 15 is 0 Å². The molecule has 2 aliphatic rings. The maximum Gasteiger partial charge on any atom is 0.256 e. The second-order valence-electron chi connectivity index (χ2n) is 4.16. The predicted molar refractivity (Wildman–Crippen MR) is 68.3 cm³/mol. The molecule has 0 unspecified atom stereocenters. The Bertz CT molecular complexity index is 660. The lowest BCUT2D eigenvalue weighted by Gasteiger charge is -2.15. The molecule has 2 amide bonds. The molecule has 2 aromatic rings. The van der Waals surface area contributed by atoms with Crippen LogP contribution in [0, 0.1) is 0 Å². The molecule has 0 radical (unpaired) electrons. The topological polar surface area (TPSA) is 72.2 Å². The van der Waals surface area contributed by atoms with Gasteiger partial charge in [0.05, 0.1) is 0 Å². The molecule has 0 saturated carbocycles. The fraction of sp³-hybridized carbons (Fsp3) is 0. The van der Waals surface area contributed by atoms with Crippen LogP contribution >= 0.6 is 0 Å². The van der Waals surface area contributed by atoms with Crippen molar-refractivity contribution in [1.29, 1.82) is 0 Å². The SMILES string of the molecule is NC(=O)c1ccc2c(c1)-c1ccc(cc1)NC2=O. The average Bonchev–Trinajstić information content (AvgIpc) is 2.36. The molecule has 4 nitrogen and oxygen atoms in total. The third-order valence-electron chi connectivity index (χ3n) is 3.00. The summed E-state index contributed by atoms with van der Waals surface area (Å²) in [5.74, 6) is -0.681. The number of amides is 2. The summed E-state index contributed by atoms with van der Waals surface area (Å²) >= 11 is 0. The van der Waals surface area contributed by atoms with E-state index in [1.807, 2.05) is 24.3 Å². The molecular formula is C14H10N2O2. The van der Waals surface area contributed by atoms with Crippen molar-refractivity contribution >= 4 is 17.5 Å². The molecule has 88 valence electrons. The quantitative estimate of drug-likeness (QED) is 0.797. The Kier molecular flexibility index (Phi) is 2.16. The van der Waals surface area contributed by atoms with Crippen LogP contribution in [0.15, 0.2) is 42.5 Å². The van der Waals surface area contributed by atoms with Gasteiger partial charge in [-0.15, -0.1) is 0 Å². The third kappa shape index (κ3) is 1.55. The Morgan fingerprint density at radius 2 is 1.72 bits per heavy atom. The number of primary amides is 1. The van der Waals surface area contributed by atoms with Gasteiger partial charge in [0.2, 0.25) is 5.91 Å². The number of fused-ring (bicyclic) bond motifs is 3. The molecule has 4 heteroatoms. The van der Waals surface area contributed by atoms with Crippen molar-refractivity contribution in [3.05, 3.63) is 53.6 Å². The number of hydrogen-bond acceptors (Lipinski definition) is 2. The van der Waals surface area contributed by atoms with Gasteiger partial charge in [-0.05, 0) is 41.5 Å². The number of anilines is 1. The molecule has 4 rings (SSSR count). The largest absolute Gasteiger partial charge is 0.366 e. The molecule has 0 atom stereocenters. The zero-order valence-electron chi connectivity index (χ0n) is 9.44. The minimum Gasteiger partial charge on any atom is -0.366 e. The van der Waals surface area contributed by atoms with Crippen LogP contribution < -0.4 is 11.1 Å². The van der Waals surface area contributed by atoms with Gasteiger partial charge in [-0.3, -0.25) is 9.59 Å². The van der Waals surface area contributed by atoms with E-state index in [2.05, 4.69) is 5.32 Å². The van der Waals surface area contributed by atoms with Crippen molar-refractivity contribution in [2.45, 2.75) is 0 Å². The maximum atomic E-state index is 12.0.